The number of nitrogens with one attached hydrogen (secondary N) is 1. The largest absolute Gasteiger partial charge is 0.452 e. The zero-order chi connectivity index (χ0) is 19.3. The molecule has 0 aliphatic rings. The number of fused-ring (bicyclic) bond motifs is 1. The number of nitrogens with two attached hydrogens (primary N) is 1. The molecule has 0 aliphatic heterocycles. The first-order chi connectivity index (χ1) is 12.3. The zero-order valence-electron chi connectivity index (χ0n) is 14.7. The molecule has 9 heteroatoms. The van der Waals surface area contributed by atoms with E-state index in [4.69, 9.17) is 10.5 Å². The maximum atomic E-state index is 12.6. The number of rotatable bonds is 7. The van der Waals surface area contributed by atoms with Crippen LogP contribution < -0.4 is 16.7 Å². The molecule has 3 N–H and O–H groups in total. The van der Waals surface area contributed by atoms with Crippen LogP contribution in [0.4, 0.5) is 4.79 Å². The molecule has 0 saturated carbocycles. The molecule has 2 aromatic rings. The predicted molar refractivity (Wildman–Crippen MR) is 94.4 cm³/mol. The second-order valence-corrected chi connectivity index (χ2v) is 5.81. The average Bonchev–Trinajstić information content (AvgIpc) is 2.85. The number of ether oxygens (including phenoxy) is 1. The van der Waals surface area contributed by atoms with Gasteiger partial charge in [0, 0.05) is 13.1 Å². The number of urea groups is 1. The second kappa shape index (κ2) is 8.32. The van der Waals surface area contributed by atoms with Gasteiger partial charge in [0.25, 0.3) is 5.91 Å². The maximum absolute atomic E-state index is 12.6. The van der Waals surface area contributed by atoms with Crippen LogP contribution in [-0.4, -0.2) is 33.1 Å². The van der Waals surface area contributed by atoms with Gasteiger partial charge in [-0.05, 0) is 25.5 Å². The van der Waals surface area contributed by atoms with Gasteiger partial charge in [-0.2, -0.15) is 0 Å². The van der Waals surface area contributed by atoms with Gasteiger partial charge in [-0.1, -0.05) is 19.1 Å². The Morgan fingerprint density at radius 1 is 1.15 bits per heavy atom. The van der Waals surface area contributed by atoms with E-state index in [-0.39, 0.29) is 18.7 Å². The van der Waals surface area contributed by atoms with E-state index in [0.29, 0.717) is 6.54 Å². The lowest BCUT2D eigenvalue weighted by atomic mass is 10.3. The summed E-state index contributed by atoms with van der Waals surface area (Å²) in [5.74, 6) is -1.46. The topological polar surface area (TPSA) is 125 Å². The Hall–Kier alpha value is -3.10. The molecule has 1 atom stereocenters. The molecule has 26 heavy (non-hydrogen) atoms. The number of aryl methyl sites for hydroxylation is 2. The Balaban J connectivity index is 2.09. The van der Waals surface area contributed by atoms with Crippen molar-refractivity contribution >= 4 is 28.9 Å². The van der Waals surface area contributed by atoms with Gasteiger partial charge in [0.05, 0.1) is 17.5 Å². The van der Waals surface area contributed by atoms with E-state index in [0.717, 1.165) is 17.5 Å². The predicted octanol–water partition coefficient (Wildman–Crippen LogP) is 0.730. The van der Waals surface area contributed by atoms with Crippen LogP contribution in [0.1, 0.15) is 26.7 Å². The van der Waals surface area contributed by atoms with Gasteiger partial charge in [0.15, 0.2) is 6.10 Å². The third-order valence-electron chi connectivity index (χ3n) is 3.84. The number of benzene rings is 1. The second-order valence-electron chi connectivity index (χ2n) is 5.81. The smallest absolute Gasteiger partial charge is 0.329 e. The zero-order valence-corrected chi connectivity index (χ0v) is 14.7. The number of hydrogen-bond acceptors (Lipinski definition) is 5. The fraction of sp³-hybridized carbons (Fsp3) is 0.412. The van der Waals surface area contributed by atoms with Crippen molar-refractivity contribution in [1.82, 2.24) is 14.5 Å². The van der Waals surface area contributed by atoms with E-state index in [1.807, 2.05) is 36.5 Å². The summed E-state index contributed by atoms with van der Waals surface area (Å²) in [5, 5.41) is 1.84. The molecule has 0 bridgehead atoms. The first kappa shape index (κ1) is 19.2. The molecule has 3 amide bonds. The Kier molecular flexibility index (Phi) is 6.16. The first-order valence-corrected chi connectivity index (χ1v) is 8.33. The van der Waals surface area contributed by atoms with E-state index < -0.39 is 24.0 Å². The molecule has 1 aromatic heterocycles. The normalized spacial score (nSPS) is 11.9. The van der Waals surface area contributed by atoms with Gasteiger partial charge in [-0.3, -0.25) is 24.0 Å². The summed E-state index contributed by atoms with van der Waals surface area (Å²) < 4.78 is 8.14. The Morgan fingerprint density at radius 2 is 1.73 bits per heavy atom. The highest BCUT2D eigenvalue weighted by molar-refractivity contribution is 5.96. The molecule has 0 saturated heterocycles. The van der Waals surface area contributed by atoms with Gasteiger partial charge < -0.3 is 10.5 Å². The van der Waals surface area contributed by atoms with Crippen molar-refractivity contribution in [3.8, 4) is 0 Å². The fourth-order valence-electron chi connectivity index (χ4n) is 2.66. The van der Waals surface area contributed by atoms with E-state index in [9.17, 15) is 19.2 Å². The van der Waals surface area contributed by atoms with E-state index >= 15 is 0 Å². The average molecular weight is 362 g/mol. The van der Waals surface area contributed by atoms with E-state index in [1.54, 1.807) is 4.57 Å². The first-order valence-electron chi connectivity index (χ1n) is 8.33. The molecule has 1 aromatic carbocycles. The standard InChI is InChI=1S/C17H22N4O5/c1-3-9-20-12-6-4-5-7-13(12)21(17(20)25)10-8-14(22)26-11(2)15(23)19-16(18)24/h4-7,11H,3,8-10H2,1-2H3,(H3,18,19,23,24)/t11-/m0/s1. The number of esters is 1. The summed E-state index contributed by atoms with van der Waals surface area (Å²) in [6, 6.07) is 6.33. The molecule has 1 heterocycles. The quantitative estimate of drug-likeness (QED) is 0.702. The number of imidazole rings is 1. The summed E-state index contributed by atoms with van der Waals surface area (Å²) in [4.78, 5) is 46.7. The number of nitrogens with zero attached hydrogens (tertiary/aromatic N) is 2. The highest BCUT2D eigenvalue weighted by Gasteiger charge is 2.20. The molecule has 9 nitrogen and oxygen atoms in total. The van der Waals surface area contributed by atoms with Crippen molar-refractivity contribution < 1.29 is 19.1 Å². The number of imide groups is 1. The van der Waals surface area contributed by atoms with Gasteiger partial charge in [-0.25, -0.2) is 9.59 Å². The summed E-state index contributed by atoms with van der Waals surface area (Å²) in [6.07, 6.45) is -0.440. The van der Waals surface area contributed by atoms with Crippen LogP contribution in [0.5, 0.6) is 0 Å². The van der Waals surface area contributed by atoms with Crippen LogP contribution in [0.2, 0.25) is 0 Å². The Morgan fingerprint density at radius 3 is 2.27 bits per heavy atom. The van der Waals surface area contributed by atoms with Crippen LogP contribution in [0, 0.1) is 0 Å². The minimum atomic E-state index is -1.16. The molecular weight excluding hydrogens is 340 g/mol. The molecule has 0 aliphatic carbocycles. The van der Waals surface area contributed by atoms with Crippen LogP contribution in [0.25, 0.3) is 11.0 Å². The summed E-state index contributed by atoms with van der Waals surface area (Å²) in [5.41, 5.74) is 6.19. The van der Waals surface area contributed by atoms with Crippen molar-refractivity contribution in [3.05, 3.63) is 34.7 Å². The molecule has 0 radical (unpaired) electrons. The number of hydrogen-bond donors (Lipinski definition) is 2. The van der Waals surface area contributed by atoms with Gasteiger partial charge in [-0.15, -0.1) is 0 Å². The Labute approximate surface area is 149 Å². The monoisotopic (exact) mass is 362 g/mol. The van der Waals surface area contributed by atoms with Crippen molar-refractivity contribution in [2.24, 2.45) is 5.73 Å². The summed E-state index contributed by atoms with van der Waals surface area (Å²) in [6.45, 7) is 4.02. The minimum absolute atomic E-state index is 0.0891. The third kappa shape index (κ3) is 4.29. The van der Waals surface area contributed by atoms with Crippen molar-refractivity contribution in [3.63, 3.8) is 0 Å². The van der Waals surface area contributed by atoms with Gasteiger partial charge in [0.2, 0.25) is 0 Å². The summed E-state index contributed by atoms with van der Waals surface area (Å²) >= 11 is 0. The highest BCUT2D eigenvalue weighted by Crippen LogP contribution is 2.13. The number of para-hydroxylation sites is 2. The number of primary amides is 1. The number of amides is 3. The van der Waals surface area contributed by atoms with E-state index in [2.05, 4.69) is 0 Å². The van der Waals surface area contributed by atoms with Gasteiger partial charge in [0.1, 0.15) is 0 Å². The van der Waals surface area contributed by atoms with Crippen LogP contribution in [0.15, 0.2) is 29.1 Å². The molecule has 2 rings (SSSR count). The fourth-order valence-corrected chi connectivity index (χ4v) is 2.66. The lowest BCUT2D eigenvalue weighted by Gasteiger charge is -2.12. The molecule has 0 unspecified atom stereocenters. The highest BCUT2D eigenvalue weighted by atomic mass is 16.5. The number of carbonyl (C=O) groups excluding carboxylic acids is 3. The summed E-state index contributed by atoms with van der Waals surface area (Å²) in [7, 11) is 0. The van der Waals surface area contributed by atoms with Crippen LogP contribution >= 0.6 is 0 Å². The molecule has 140 valence electrons. The van der Waals surface area contributed by atoms with E-state index in [1.165, 1.54) is 11.5 Å². The minimum Gasteiger partial charge on any atom is -0.452 e. The number of aromatic nitrogens is 2. The SMILES string of the molecule is CCCn1c(=O)n(CCC(=O)O[C@@H](C)C(=O)NC(N)=O)c2ccccc21. The van der Waals surface area contributed by atoms with Crippen molar-refractivity contribution in [2.75, 3.05) is 0 Å². The van der Waals surface area contributed by atoms with Crippen molar-refractivity contribution in [1.29, 1.82) is 0 Å². The Bertz CT molecular complexity index is 883. The lowest BCUT2D eigenvalue weighted by Crippen LogP contribution is -2.42. The molecule has 0 spiro atoms. The molecular formula is C17H22N4O5. The van der Waals surface area contributed by atoms with Gasteiger partial charge >= 0.3 is 17.7 Å². The number of carbonyl (C=O) groups is 3. The van der Waals surface area contributed by atoms with Crippen LogP contribution in [-0.2, 0) is 27.4 Å². The lowest BCUT2D eigenvalue weighted by molar-refractivity contribution is -0.154. The van der Waals surface area contributed by atoms with Crippen molar-refractivity contribution in [2.45, 2.75) is 45.9 Å². The third-order valence-corrected chi connectivity index (χ3v) is 3.84. The van der Waals surface area contributed by atoms with Crippen LogP contribution in [0.3, 0.4) is 0 Å². The molecule has 0 fully saturated rings. The maximum Gasteiger partial charge on any atom is 0.329 e.